The Kier molecular flexibility index (Phi) is 9.77. The monoisotopic (exact) mass is 504 g/mol. The van der Waals surface area contributed by atoms with Gasteiger partial charge in [-0.15, -0.1) is 0 Å². The van der Waals surface area contributed by atoms with Gasteiger partial charge in [-0.1, -0.05) is 19.9 Å². The molecule has 1 aromatic heterocycles. The number of carboxylic acids is 1. The number of carbonyl (C=O) groups is 3. The van der Waals surface area contributed by atoms with Crippen molar-refractivity contribution in [3.05, 3.63) is 53.1 Å². The third-order valence-corrected chi connectivity index (χ3v) is 6.03. The van der Waals surface area contributed by atoms with E-state index in [-0.39, 0.29) is 34.8 Å². The number of esters is 1. The van der Waals surface area contributed by atoms with Gasteiger partial charge in [-0.25, -0.2) is 14.2 Å². The molecule has 0 saturated heterocycles. The maximum absolute atomic E-state index is 13.9. The Morgan fingerprint density at radius 1 is 1.14 bits per heavy atom. The van der Waals surface area contributed by atoms with Crippen LogP contribution in [-0.2, 0) is 14.3 Å². The average Bonchev–Trinajstić information content (AvgIpc) is 2.80. The van der Waals surface area contributed by atoms with Crippen LogP contribution in [-0.4, -0.2) is 58.8 Å². The van der Waals surface area contributed by atoms with Crippen molar-refractivity contribution in [1.29, 1.82) is 0 Å². The lowest BCUT2D eigenvalue weighted by molar-refractivity contribution is -0.147. The Balaban J connectivity index is 2.61. The van der Waals surface area contributed by atoms with Crippen molar-refractivity contribution in [3.8, 4) is 11.5 Å². The summed E-state index contributed by atoms with van der Waals surface area (Å²) in [6.45, 7) is 9.56. The number of carboxylic acid groups (broad SMARTS) is 1. The van der Waals surface area contributed by atoms with Gasteiger partial charge in [-0.05, 0) is 49.9 Å². The van der Waals surface area contributed by atoms with Crippen LogP contribution in [0, 0.1) is 18.7 Å². The van der Waals surface area contributed by atoms with Gasteiger partial charge in [-0.3, -0.25) is 9.59 Å². The summed E-state index contributed by atoms with van der Waals surface area (Å²) >= 11 is 0. The Labute approximate surface area is 210 Å². The lowest BCUT2D eigenvalue weighted by atomic mass is 9.80. The molecule has 0 radical (unpaired) electrons. The number of halogens is 1. The molecule has 10 heteroatoms. The van der Waals surface area contributed by atoms with E-state index in [1.807, 2.05) is 13.8 Å². The summed E-state index contributed by atoms with van der Waals surface area (Å²) in [7, 11) is 1.37. The molecule has 2 rings (SSSR count). The number of amides is 1. The number of aromatic nitrogens is 1. The molecule has 1 N–H and O–H groups in total. The first-order chi connectivity index (χ1) is 16.9. The highest BCUT2D eigenvalue weighted by Gasteiger charge is 2.39. The molecule has 0 aliphatic heterocycles. The van der Waals surface area contributed by atoms with Crippen LogP contribution in [0.15, 0.2) is 30.5 Å². The normalized spacial score (nSPS) is 13.5. The fourth-order valence-corrected chi connectivity index (χ4v) is 4.37. The highest BCUT2D eigenvalue weighted by Crippen LogP contribution is 2.37. The molecule has 36 heavy (non-hydrogen) atoms. The molecule has 1 aromatic carbocycles. The van der Waals surface area contributed by atoms with Crippen molar-refractivity contribution in [2.24, 2.45) is 5.92 Å². The topological polar surface area (TPSA) is 115 Å². The zero-order chi connectivity index (χ0) is 27.2. The number of pyridine rings is 1. The Hall–Kier alpha value is -3.69. The average molecular weight is 505 g/mol. The lowest BCUT2D eigenvalue weighted by Crippen LogP contribution is -2.51. The fraction of sp³-hybridized carbons (Fsp3) is 0.462. The summed E-state index contributed by atoms with van der Waals surface area (Å²) in [6, 6.07) is 4.02. The van der Waals surface area contributed by atoms with Gasteiger partial charge in [0.05, 0.1) is 7.11 Å². The van der Waals surface area contributed by atoms with Crippen LogP contribution in [0.5, 0.6) is 11.5 Å². The molecule has 0 saturated carbocycles. The van der Waals surface area contributed by atoms with E-state index in [1.165, 1.54) is 50.3 Å². The molecule has 3 atom stereocenters. The van der Waals surface area contributed by atoms with Gasteiger partial charge in [-0.2, -0.15) is 0 Å². The molecule has 0 aliphatic carbocycles. The van der Waals surface area contributed by atoms with Gasteiger partial charge in [0.15, 0.2) is 17.2 Å². The lowest BCUT2D eigenvalue weighted by Gasteiger charge is -2.39. The SMILES string of the molecule is COc1ccnc(C(=O)N(C(C)[C@H](c2ccc(F)cc2C)C(C)C)[C@@H](C)C(=O)O)c1OCOC(C)=O. The van der Waals surface area contributed by atoms with Crippen LogP contribution in [0.3, 0.4) is 0 Å². The highest BCUT2D eigenvalue weighted by molar-refractivity contribution is 5.98. The zero-order valence-electron chi connectivity index (χ0n) is 21.6. The summed E-state index contributed by atoms with van der Waals surface area (Å²) in [4.78, 5) is 42.6. The molecule has 2 aromatic rings. The highest BCUT2D eigenvalue weighted by atomic mass is 19.1. The Morgan fingerprint density at radius 3 is 2.33 bits per heavy atom. The minimum atomic E-state index is -1.23. The number of hydrogen-bond donors (Lipinski definition) is 1. The number of aryl methyl sites for hydroxylation is 1. The largest absolute Gasteiger partial charge is 0.493 e. The van der Waals surface area contributed by atoms with Crippen molar-refractivity contribution < 1.29 is 38.1 Å². The van der Waals surface area contributed by atoms with Gasteiger partial charge >= 0.3 is 11.9 Å². The maximum atomic E-state index is 13.9. The quantitative estimate of drug-likeness (QED) is 0.358. The molecule has 0 spiro atoms. The number of carbonyl (C=O) groups excluding carboxylic acids is 2. The van der Waals surface area contributed by atoms with Gasteiger partial charge in [0, 0.05) is 31.1 Å². The van der Waals surface area contributed by atoms with Crippen LogP contribution < -0.4 is 9.47 Å². The molecule has 0 fully saturated rings. The smallest absolute Gasteiger partial charge is 0.326 e. The minimum absolute atomic E-state index is 0.0292. The maximum Gasteiger partial charge on any atom is 0.326 e. The molecule has 0 bridgehead atoms. The van der Waals surface area contributed by atoms with E-state index in [1.54, 1.807) is 19.9 Å². The molecule has 0 aliphatic rings. The summed E-state index contributed by atoms with van der Waals surface area (Å²) < 4.78 is 29.5. The van der Waals surface area contributed by atoms with Crippen LogP contribution in [0.2, 0.25) is 0 Å². The molecular weight excluding hydrogens is 471 g/mol. The first-order valence-corrected chi connectivity index (χ1v) is 11.5. The summed E-state index contributed by atoms with van der Waals surface area (Å²) in [5, 5.41) is 9.87. The predicted molar refractivity (Wildman–Crippen MR) is 129 cm³/mol. The first kappa shape index (κ1) is 28.5. The van der Waals surface area contributed by atoms with Crippen molar-refractivity contribution in [3.63, 3.8) is 0 Å². The Morgan fingerprint density at radius 2 is 1.81 bits per heavy atom. The Bertz CT molecular complexity index is 1110. The molecular formula is C26H33FN2O7. The van der Waals surface area contributed by atoms with E-state index in [4.69, 9.17) is 14.2 Å². The van der Waals surface area contributed by atoms with E-state index >= 15 is 0 Å². The minimum Gasteiger partial charge on any atom is -0.493 e. The molecule has 1 heterocycles. The number of hydrogen-bond acceptors (Lipinski definition) is 7. The first-order valence-electron chi connectivity index (χ1n) is 11.5. The van der Waals surface area contributed by atoms with E-state index < -0.39 is 36.7 Å². The zero-order valence-corrected chi connectivity index (χ0v) is 21.6. The second kappa shape index (κ2) is 12.3. The second-order valence-electron chi connectivity index (χ2n) is 8.83. The molecule has 1 unspecified atom stereocenters. The van der Waals surface area contributed by atoms with Crippen LogP contribution >= 0.6 is 0 Å². The second-order valence-corrected chi connectivity index (χ2v) is 8.83. The van der Waals surface area contributed by atoms with Crippen LogP contribution in [0.4, 0.5) is 4.39 Å². The van der Waals surface area contributed by atoms with Crippen LogP contribution in [0.25, 0.3) is 0 Å². The van der Waals surface area contributed by atoms with E-state index in [2.05, 4.69) is 4.98 Å². The number of benzene rings is 1. The third kappa shape index (κ3) is 6.50. The molecule has 1 amide bonds. The molecule has 9 nitrogen and oxygen atoms in total. The van der Waals surface area contributed by atoms with Crippen molar-refractivity contribution in [2.45, 2.75) is 59.5 Å². The van der Waals surface area contributed by atoms with Gasteiger partial charge in [0.1, 0.15) is 11.9 Å². The van der Waals surface area contributed by atoms with Crippen molar-refractivity contribution >= 4 is 17.8 Å². The van der Waals surface area contributed by atoms with Crippen LogP contribution in [0.1, 0.15) is 62.2 Å². The summed E-state index contributed by atoms with van der Waals surface area (Å²) in [5.74, 6) is -3.17. The van der Waals surface area contributed by atoms with Gasteiger partial charge < -0.3 is 24.2 Å². The van der Waals surface area contributed by atoms with E-state index in [0.717, 1.165) is 5.56 Å². The predicted octanol–water partition coefficient (Wildman–Crippen LogP) is 4.18. The van der Waals surface area contributed by atoms with Gasteiger partial charge in [0.25, 0.3) is 5.91 Å². The number of ether oxygens (including phenoxy) is 3. The van der Waals surface area contributed by atoms with Gasteiger partial charge in [0.2, 0.25) is 6.79 Å². The summed E-state index contributed by atoms with van der Waals surface area (Å²) in [6.07, 6.45) is 1.34. The van der Waals surface area contributed by atoms with Crippen molar-refractivity contribution in [2.75, 3.05) is 13.9 Å². The molecule has 196 valence electrons. The van der Waals surface area contributed by atoms with E-state index in [9.17, 15) is 23.9 Å². The number of rotatable bonds is 11. The third-order valence-electron chi connectivity index (χ3n) is 6.03. The number of aliphatic carboxylic acids is 1. The number of methoxy groups -OCH3 is 1. The summed E-state index contributed by atoms with van der Waals surface area (Å²) in [5.41, 5.74) is 1.31. The van der Waals surface area contributed by atoms with E-state index in [0.29, 0.717) is 5.56 Å². The fourth-order valence-electron chi connectivity index (χ4n) is 4.37. The number of nitrogens with zero attached hydrogens (tertiary/aromatic N) is 2. The van der Waals surface area contributed by atoms with Crippen molar-refractivity contribution in [1.82, 2.24) is 9.88 Å². The standard InChI is InChI=1S/C26H33FN2O7/c1-14(2)22(20-9-8-19(27)12-15(20)3)16(4)29(17(5)26(32)33)25(31)23-24(36-13-35-18(6)30)21(34-7)10-11-28-23/h8-12,14,16-17,22H,13H2,1-7H3,(H,32,33)/t16?,17-,22+/m0/s1.